The molecule has 3 heterocycles. The Morgan fingerprint density at radius 1 is 1.23 bits per heavy atom. The highest BCUT2D eigenvalue weighted by Gasteiger charge is 2.18. The van der Waals surface area contributed by atoms with Crippen molar-refractivity contribution in [3.63, 3.8) is 0 Å². The van der Waals surface area contributed by atoms with Crippen molar-refractivity contribution in [1.29, 1.82) is 0 Å². The summed E-state index contributed by atoms with van der Waals surface area (Å²) in [4.78, 5) is 16.3. The minimum atomic E-state index is -0.235. The molecule has 1 aromatic carbocycles. The molecule has 0 unspecified atom stereocenters. The van der Waals surface area contributed by atoms with E-state index >= 15 is 0 Å². The van der Waals surface area contributed by atoms with E-state index in [9.17, 15) is 9.18 Å². The summed E-state index contributed by atoms with van der Waals surface area (Å²) in [6.07, 6.45) is 1.87. The van der Waals surface area contributed by atoms with Crippen molar-refractivity contribution in [2.24, 2.45) is 0 Å². The molecule has 0 bridgehead atoms. The number of carbonyl (C=O) groups excluding carboxylic acids is 1. The molecule has 0 N–H and O–H groups in total. The lowest BCUT2D eigenvalue weighted by Gasteiger charge is -2.00. The molecule has 0 saturated heterocycles. The quantitative estimate of drug-likeness (QED) is 0.509. The van der Waals surface area contributed by atoms with Crippen molar-refractivity contribution in [2.45, 2.75) is 6.92 Å². The van der Waals surface area contributed by atoms with Gasteiger partial charge in [0.25, 0.3) is 0 Å². The van der Waals surface area contributed by atoms with Gasteiger partial charge in [0.15, 0.2) is 5.78 Å². The fourth-order valence-corrected chi connectivity index (χ4v) is 3.64. The lowest BCUT2D eigenvalue weighted by atomic mass is 10.1. The van der Waals surface area contributed by atoms with Crippen LogP contribution in [0.5, 0.6) is 0 Å². The number of thiophene rings is 1. The van der Waals surface area contributed by atoms with Gasteiger partial charge < -0.3 is 0 Å². The highest BCUT2D eigenvalue weighted by Crippen LogP contribution is 2.35. The maximum absolute atomic E-state index is 13.9. The second kappa shape index (κ2) is 4.74. The van der Waals surface area contributed by atoms with Crippen LogP contribution in [0.4, 0.5) is 4.39 Å². The summed E-state index contributed by atoms with van der Waals surface area (Å²) in [6.45, 7) is 1.50. The van der Waals surface area contributed by atoms with E-state index in [2.05, 4.69) is 4.98 Å². The van der Waals surface area contributed by atoms with E-state index in [4.69, 9.17) is 0 Å². The van der Waals surface area contributed by atoms with Gasteiger partial charge >= 0.3 is 0 Å². The Morgan fingerprint density at radius 3 is 2.91 bits per heavy atom. The predicted octanol–water partition coefficient (Wildman–Crippen LogP) is 4.56. The van der Waals surface area contributed by atoms with E-state index in [1.165, 1.54) is 24.3 Å². The molecule has 22 heavy (non-hydrogen) atoms. The zero-order chi connectivity index (χ0) is 15.3. The molecule has 0 fully saturated rings. The normalized spacial score (nSPS) is 11.4. The van der Waals surface area contributed by atoms with Gasteiger partial charge in [0, 0.05) is 29.5 Å². The van der Waals surface area contributed by atoms with Crippen molar-refractivity contribution in [3.05, 3.63) is 59.5 Å². The van der Waals surface area contributed by atoms with Crippen molar-refractivity contribution in [2.75, 3.05) is 0 Å². The summed E-state index contributed by atoms with van der Waals surface area (Å²) in [6, 6.07) is 10.6. The average Bonchev–Trinajstić information content (AvgIpc) is 3.09. The van der Waals surface area contributed by atoms with Crippen molar-refractivity contribution in [3.8, 4) is 11.4 Å². The van der Waals surface area contributed by atoms with Gasteiger partial charge in [0.05, 0.1) is 10.2 Å². The van der Waals surface area contributed by atoms with E-state index in [0.29, 0.717) is 16.2 Å². The zero-order valence-electron chi connectivity index (χ0n) is 11.7. The smallest absolute Gasteiger partial charge is 0.180 e. The molecule has 108 valence electrons. The van der Waals surface area contributed by atoms with Crippen LogP contribution in [0.2, 0.25) is 0 Å². The van der Waals surface area contributed by atoms with Crippen LogP contribution >= 0.6 is 11.3 Å². The average molecular weight is 310 g/mol. The first-order chi connectivity index (χ1) is 10.7. The van der Waals surface area contributed by atoms with Gasteiger partial charge in [-0.1, -0.05) is 18.2 Å². The van der Waals surface area contributed by atoms with Gasteiger partial charge in [-0.3, -0.25) is 9.20 Å². The van der Waals surface area contributed by atoms with Crippen LogP contribution in [0.1, 0.15) is 17.4 Å². The third-order valence-electron chi connectivity index (χ3n) is 3.67. The van der Waals surface area contributed by atoms with Crippen LogP contribution in [0.25, 0.3) is 27.0 Å². The van der Waals surface area contributed by atoms with Crippen LogP contribution in [0.3, 0.4) is 0 Å². The minimum Gasteiger partial charge on any atom is -0.299 e. The number of pyridine rings is 1. The van der Waals surface area contributed by atoms with E-state index in [-0.39, 0.29) is 11.6 Å². The Labute approximate surface area is 129 Å². The molecule has 0 amide bonds. The molecule has 3 aromatic heterocycles. The zero-order valence-corrected chi connectivity index (χ0v) is 12.5. The standard InChI is InChI=1S/C17H11FN2OS/c1-10(21)15-14-7-2-3-8-20(14)17(19-15)12-9-22-16-11(12)5-4-6-13(16)18/h2-9H,1H3. The topological polar surface area (TPSA) is 34.4 Å². The SMILES string of the molecule is CC(=O)c1nc(-c2csc3c(F)cccc23)n2ccccc12. The molecule has 0 aliphatic heterocycles. The first-order valence-electron chi connectivity index (χ1n) is 6.81. The van der Waals surface area contributed by atoms with Gasteiger partial charge in [-0.25, -0.2) is 9.37 Å². The molecule has 0 radical (unpaired) electrons. The van der Waals surface area contributed by atoms with Crippen LogP contribution in [-0.2, 0) is 0 Å². The Hall–Kier alpha value is -2.53. The fraction of sp³-hybridized carbons (Fsp3) is 0.0588. The van der Waals surface area contributed by atoms with Gasteiger partial charge in [0.1, 0.15) is 17.3 Å². The second-order valence-electron chi connectivity index (χ2n) is 5.06. The number of imidazole rings is 1. The molecular formula is C17H11FN2OS. The highest BCUT2D eigenvalue weighted by atomic mass is 32.1. The number of hydrogen-bond donors (Lipinski definition) is 0. The number of Topliss-reactive ketones (excluding diaryl/α,β-unsaturated/α-hetero) is 1. The molecule has 0 aliphatic rings. The van der Waals surface area contributed by atoms with E-state index in [0.717, 1.165) is 16.5 Å². The minimum absolute atomic E-state index is 0.0827. The number of carbonyl (C=O) groups is 1. The van der Waals surface area contributed by atoms with Crippen LogP contribution < -0.4 is 0 Å². The van der Waals surface area contributed by atoms with E-state index in [1.807, 2.05) is 40.2 Å². The van der Waals surface area contributed by atoms with Crippen LogP contribution in [0, 0.1) is 5.82 Å². The Bertz CT molecular complexity index is 1030. The third-order valence-corrected chi connectivity index (χ3v) is 4.68. The first-order valence-corrected chi connectivity index (χ1v) is 7.69. The van der Waals surface area contributed by atoms with Gasteiger partial charge in [-0.15, -0.1) is 11.3 Å². The number of benzene rings is 1. The number of fused-ring (bicyclic) bond motifs is 2. The molecule has 4 rings (SSSR count). The largest absolute Gasteiger partial charge is 0.299 e. The second-order valence-corrected chi connectivity index (χ2v) is 5.94. The molecule has 0 saturated carbocycles. The van der Waals surface area contributed by atoms with E-state index in [1.54, 1.807) is 6.07 Å². The molecule has 5 heteroatoms. The third kappa shape index (κ3) is 1.79. The number of halogens is 1. The summed E-state index contributed by atoms with van der Waals surface area (Å²) in [7, 11) is 0. The number of hydrogen-bond acceptors (Lipinski definition) is 3. The predicted molar refractivity (Wildman–Crippen MR) is 86.0 cm³/mol. The van der Waals surface area contributed by atoms with Gasteiger partial charge in [-0.05, 0) is 18.2 Å². The number of nitrogens with zero attached hydrogens (tertiary/aromatic N) is 2. The first kappa shape index (κ1) is 13.2. The van der Waals surface area contributed by atoms with E-state index < -0.39 is 0 Å². The fourth-order valence-electron chi connectivity index (χ4n) is 2.68. The van der Waals surface area contributed by atoms with Crippen molar-refractivity contribution in [1.82, 2.24) is 9.38 Å². The molecule has 4 aromatic rings. The van der Waals surface area contributed by atoms with Gasteiger partial charge in [-0.2, -0.15) is 0 Å². The number of aromatic nitrogens is 2. The lowest BCUT2D eigenvalue weighted by Crippen LogP contribution is -1.92. The summed E-state index contributed by atoms with van der Waals surface area (Å²) < 4.78 is 16.4. The van der Waals surface area contributed by atoms with Crippen LogP contribution in [-0.4, -0.2) is 15.2 Å². The summed E-state index contributed by atoms with van der Waals surface area (Å²) in [5, 5.41) is 2.70. The van der Waals surface area contributed by atoms with Crippen molar-refractivity contribution < 1.29 is 9.18 Å². The summed E-state index contributed by atoms with van der Waals surface area (Å²) >= 11 is 1.35. The lowest BCUT2D eigenvalue weighted by molar-refractivity contribution is 0.101. The summed E-state index contributed by atoms with van der Waals surface area (Å²) in [5.41, 5.74) is 2.04. The Morgan fingerprint density at radius 2 is 2.09 bits per heavy atom. The molecule has 0 spiro atoms. The maximum atomic E-state index is 13.9. The summed E-state index contributed by atoms with van der Waals surface area (Å²) in [5.74, 6) is 0.347. The monoisotopic (exact) mass is 310 g/mol. The van der Waals surface area contributed by atoms with Gasteiger partial charge in [0.2, 0.25) is 0 Å². The Kier molecular flexibility index (Phi) is 2.84. The molecule has 3 nitrogen and oxygen atoms in total. The Balaban J connectivity index is 2.09. The molecule has 0 aliphatic carbocycles. The number of ketones is 1. The maximum Gasteiger partial charge on any atom is 0.180 e. The van der Waals surface area contributed by atoms with Crippen molar-refractivity contribution >= 4 is 32.7 Å². The number of rotatable bonds is 2. The molecular weight excluding hydrogens is 299 g/mol. The molecule has 0 atom stereocenters. The highest BCUT2D eigenvalue weighted by molar-refractivity contribution is 7.17. The van der Waals surface area contributed by atoms with Crippen LogP contribution in [0.15, 0.2) is 48.0 Å².